The number of nitriles is 1. The molecule has 21 heavy (non-hydrogen) atoms. The van der Waals surface area contributed by atoms with Gasteiger partial charge in [-0.3, -0.25) is 0 Å². The van der Waals surface area contributed by atoms with Crippen LogP contribution in [-0.2, 0) is 9.84 Å². The molecule has 0 saturated heterocycles. The van der Waals surface area contributed by atoms with Crippen molar-refractivity contribution in [3.8, 4) is 11.8 Å². The number of hydrogen-bond donors (Lipinski definition) is 0. The SMILES string of the molecule is CC(CC#N)N(C)CCCOc1cccc(S(C)(=O)=O)c1. The molecule has 6 heteroatoms. The second-order valence-corrected chi connectivity index (χ2v) is 7.16. The molecule has 1 aromatic rings. The second-order valence-electron chi connectivity index (χ2n) is 5.14. The van der Waals surface area contributed by atoms with E-state index in [4.69, 9.17) is 10.00 Å². The molecule has 0 amide bonds. The summed E-state index contributed by atoms with van der Waals surface area (Å²) in [6.45, 7) is 3.35. The van der Waals surface area contributed by atoms with Crippen LogP contribution >= 0.6 is 0 Å². The maximum absolute atomic E-state index is 11.5. The van der Waals surface area contributed by atoms with Crippen molar-refractivity contribution < 1.29 is 13.2 Å². The molecule has 0 aromatic heterocycles. The lowest BCUT2D eigenvalue weighted by Gasteiger charge is -2.22. The summed E-state index contributed by atoms with van der Waals surface area (Å²) in [6, 6.07) is 8.90. The molecule has 0 aliphatic heterocycles. The minimum atomic E-state index is -3.21. The summed E-state index contributed by atoms with van der Waals surface area (Å²) >= 11 is 0. The van der Waals surface area contributed by atoms with Crippen LogP contribution in [0.15, 0.2) is 29.2 Å². The van der Waals surface area contributed by atoms with Gasteiger partial charge in [0.15, 0.2) is 9.84 Å². The van der Waals surface area contributed by atoms with Gasteiger partial charge in [-0.25, -0.2) is 8.42 Å². The van der Waals surface area contributed by atoms with Gasteiger partial charge in [0.05, 0.1) is 24.0 Å². The molecule has 116 valence electrons. The molecule has 0 radical (unpaired) electrons. The first-order chi connectivity index (χ1) is 9.84. The van der Waals surface area contributed by atoms with Crippen LogP contribution in [0.5, 0.6) is 5.75 Å². The van der Waals surface area contributed by atoms with Crippen molar-refractivity contribution in [3.63, 3.8) is 0 Å². The first-order valence-electron chi connectivity index (χ1n) is 6.84. The number of ether oxygens (including phenoxy) is 1. The minimum Gasteiger partial charge on any atom is -0.494 e. The highest BCUT2D eigenvalue weighted by Crippen LogP contribution is 2.17. The topological polar surface area (TPSA) is 70.4 Å². The molecule has 1 rings (SSSR count). The zero-order valence-corrected chi connectivity index (χ0v) is 13.6. The van der Waals surface area contributed by atoms with E-state index < -0.39 is 9.84 Å². The number of rotatable bonds is 8. The van der Waals surface area contributed by atoms with Gasteiger partial charge in [0.2, 0.25) is 0 Å². The molecule has 0 bridgehead atoms. The summed E-state index contributed by atoms with van der Waals surface area (Å²) in [5.74, 6) is 0.561. The molecule has 0 heterocycles. The van der Waals surface area contributed by atoms with Crippen LogP contribution in [0.3, 0.4) is 0 Å². The average molecular weight is 310 g/mol. The number of nitrogens with zero attached hydrogens (tertiary/aromatic N) is 2. The van der Waals surface area contributed by atoms with Gasteiger partial charge in [0.25, 0.3) is 0 Å². The fourth-order valence-corrected chi connectivity index (χ4v) is 2.46. The Hall–Kier alpha value is -1.58. The largest absolute Gasteiger partial charge is 0.494 e. The first-order valence-corrected chi connectivity index (χ1v) is 8.74. The zero-order chi connectivity index (χ0) is 15.9. The highest BCUT2D eigenvalue weighted by atomic mass is 32.2. The molecule has 1 aromatic carbocycles. The molecule has 0 fully saturated rings. The van der Waals surface area contributed by atoms with E-state index in [1.807, 2.05) is 14.0 Å². The van der Waals surface area contributed by atoms with Gasteiger partial charge in [0, 0.05) is 18.8 Å². The summed E-state index contributed by atoms with van der Waals surface area (Å²) < 4.78 is 28.5. The van der Waals surface area contributed by atoms with Crippen LogP contribution < -0.4 is 4.74 Å². The van der Waals surface area contributed by atoms with Crippen molar-refractivity contribution in [2.24, 2.45) is 0 Å². The predicted molar refractivity (Wildman–Crippen MR) is 82.0 cm³/mol. The van der Waals surface area contributed by atoms with Crippen LogP contribution in [0.2, 0.25) is 0 Å². The minimum absolute atomic E-state index is 0.226. The Labute approximate surface area is 127 Å². The van der Waals surface area contributed by atoms with Gasteiger partial charge in [-0.1, -0.05) is 6.07 Å². The van der Waals surface area contributed by atoms with E-state index in [2.05, 4.69) is 11.0 Å². The summed E-state index contributed by atoms with van der Waals surface area (Å²) in [7, 11) is -1.23. The predicted octanol–water partition coefficient (Wildman–Crippen LogP) is 2.09. The Morgan fingerprint density at radius 2 is 2.14 bits per heavy atom. The number of hydrogen-bond acceptors (Lipinski definition) is 5. The van der Waals surface area contributed by atoms with Gasteiger partial charge in [0.1, 0.15) is 5.75 Å². The van der Waals surface area contributed by atoms with E-state index in [0.29, 0.717) is 18.8 Å². The van der Waals surface area contributed by atoms with Crippen molar-refractivity contribution in [1.29, 1.82) is 5.26 Å². The van der Waals surface area contributed by atoms with E-state index in [0.717, 1.165) is 13.0 Å². The normalized spacial score (nSPS) is 12.9. The van der Waals surface area contributed by atoms with Gasteiger partial charge < -0.3 is 9.64 Å². The molecular weight excluding hydrogens is 288 g/mol. The standard InChI is InChI=1S/C15H22N2O3S/c1-13(8-9-16)17(2)10-5-11-20-14-6-4-7-15(12-14)21(3,18)19/h4,6-7,12-13H,5,8,10-11H2,1-3H3. The average Bonchev–Trinajstić information content (AvgIpc) is 2.43. The van der Waals surface area contributed by atoms with E-state index in [-0.39, 0.29) is 10.9 Å². The van der Waals surface area contributed by atoms with Crippen molar-refractivity contribution in [2.75, 3.05) is 26.5 Å². The lowest BCUT2D eigenvalue weighted by molar-refractivity contribution is 0.226. The monoisotopic (exact) mass is 310 g/mol. The summed E-state index contributed by atoms with van der Waals surface area (Å²) in [4.78, 5) is 2.37. The van der Waals surface area contributed by atoms with Gasteiger partial charge in [-0.2, -0.15) is 5.26 Å². The molecule has 1 atom stereocenters. The summed E-state index contributed by atoms with van der Waals surface area (Å²) in [5, 5.41) is 8.65. The number of sulfone groups is 1. The summed E-state index contributed by atoms with van der Waals surface area (Å²) in [5.41, 5.74) is 0. The maximum atomic E-state index is 11.5. The Bertz CT molecular complexity index is 593. The molecule has 5 nitrogen and oxygen atoms in total. The lowest BCUT2D eigenvalue weighted by Crippen LogP contribution is -2.30. The molecule has 0 saturated carbocycles. The Kier molecular flexibility index (Phi) is 6.66. The second kappa shape index (κ2) is 8.01. The van der Waals surface area contributed by atoms with Gasteiger partial charge >= 0.3 is 0 Å². The maximum Gasteiger partial charge on any atom is 0.175 e. The fourth-order valence-electron chi connectivity index (χ4n) is 1.81. The zero-order valence-electron chi connectivity index (χ0n) is 12.7. The Morgan fingerprint density at radius 3 is 2.76 bits per heavy atom. The Balaban J connectivity index is 2.42. The molecule has 0 aliphatic carbocycles. The van der Waals surface area contributed by atoms with Crippen LogP contribution in [0, 0.1) is 11.3 Å². The molecular formula is C15H22N2O3S. The van der Waals surface area contributed by atoms with E-state index in [1.54, 1.807) is 18.2 Å². The highest BCUT2D eigenvalue weighted by Gasteiger charge is 2.09. The third kappa shape index (κ3) is 6.15. The summed E-state index contributed by atoms with van der Waals surface area (Å²) in [6.07, 6.45) is 2.50. The van der Waals surface area contributed by atoms with E-state index in [1.165, 1.54) is 12.3 Å². The molecule has 0 spiro atoms. The highest BCUT2D eigenvalue weighted by molar-refractivity contribution is 7.90. The smallest absolute Gasteiger partial charge is 0.175 e. The Morgan fingerprint density at radius 1 is 1.43 bits per heavy atom. The third-order valence-corrected chi connectivity index (χ3v) is 4.41. The molecule has 1 unspecified atom stereocenters. The van der Waals surface area contributed by atoms with Crippen molar-refractivity contribution >= 4 is 9.84 Å². The quantitative estimate of drug-likeness (QED) is 0.688. The van der Waals surface area contributed by atoms with Crippen LogP contribution in [-0.4, -0.2) is 45.8 Å². The van der Waals surface area contributed by atoms with E-state index >= 15 is 0 Å². The van der Waals surface area contributed by atoms with Gasteiger partial charge in [-0.15, -0.1) is 0 Å². The number of benzene rings is 1. The first kappa shape index (κ1) is 17.5. The lowest BCUT2D eigenvalue weighted by atomic mass is 10.2. The van der Waals surface area contributed by atoms with Crippen LogP contribution in [0.1, 0.15) is 19.8 Å². The third-order valence-electron chi connectivity index (χ3n) is 3.30. The van der Waals surface area contributed by atoms with Crippen molar-refractivity contribution in [2.45, 2.75) is 30.7 Å². The fraction of sp³-hybridized carbons (Fsp3) is 0.533. The molecule has 0 N–H and O–H groups in total. The van der Waals surface area contributed by atoms with Crippen molar-refractivity contribution in [3.05, 3.63) is 24.3 Å². The molecule has 0 aliphatic rings. The van der Waals surface area contributed by atoms with E-state index in [9.17, 15) is 8.42 Å². The van der Waals surface area contributed by atoms with Crippen molar-refractivity contribution in [1.82, 2.24) is 4.90 Å². The van der Waals surface area contributed by atoms with Crippen LogP contribution in [0.25, 0.3) is 0 Å². The van der Waals surface area contributed by atoms with Crippen LogP contribution in [0.4, 0.5) is 0 Å². The van der Waals surface area contributed by atoms with Gasteiger partial charge in [-0.05, 0) is 38.6 Å².